The molecule has 1 aromatic heterocycles. The second-order valence-electron chi connectivity index (χ2n) is 7.96. The number of anilines is 1. The summed E-state index contributed by atoms with van der Waals surface area (Å²) in [6, 6.07) is 17.7. The molecule has 0 amide bonds. The predicted octanol–water partition coefficient (Wildman–Crippen LogP) is 5.60. The lowest BCUT2D eigenvalue weighted by Gasteiger charge is -2.15. The Morgan fingerprint density at radius 3 is 2.15 bits per heavy atom. The lowest BCUT2D eigenvalue weighted by atomic mass is 9.98. The average molecular weight is 460 g/mol. The van der Waals surface area contributed by atoms with E-state index < -0.39 is 0 Å². The molecule has 0 spiro atoms. The maximum atomic E-state index is 10.4. The van der Waals surface area contributed by atoms with Crippen molar-refractivity contribution in [2.45, 2.75) is 6.92 Å². The maximum absolute atomic E-state index is 10.4. The van der Waals surface area contributed by atoms with Crippen molar-refractivity contribution >= 4 is 5.69 Å². The van der Waals surface area contributed by atoms with Crippen LogP contribution < -0.4 is 19.1 Å². The van der Waals surface area contributed by atoms with E-state index in [1.807, 2.05) is 45.4 Å². The van der Waals surface area contributed by atoms with Crippen LogP contribution in [0.15, 0.2) is 60.8 Å². The Kier molecular flexibility index (Phi) is 6.63. The number of aromatic hydroxyl groups is 1. The molecule has 0 saturated heterocycles. The van der Waals surface area contributed by atoms with Crippen molar-refractivity contribution in [3.63, 3.8) is 0 Å². The molecule has 0 unspecified atom stereocenters. The molecule has 3 aromatic carbocycles. The Morgan fingerprint density at radius 2 is 1.56 bits per heavy atom. The molecule has 0 saturated carbocycles. The van der Waals surface area contributed by atoms with E-state index in [4.69, 9.17) is 14.2 Å². The van der Waals surface area contributed by atoms with Crippen molar-refractivity contribution in [2.24, 2.45) is 0 Å². The molecule has 0 radical (unpaired) electrons. The molecule has 0 atom stereocenters. The van der Waals surface area contributed by atoms with Crippen LogP contribution in [0.1, 0.15) is 6.92 Å². The summed E-state index contributed by atoms with van der Waals surface area (Å²) in [6.45, 7) is 2.50. The number of H-pyrrole nitrogens is 1. The molecule has 0 aliphatic heterocycles. The number of aromatic nitrogens is 2. The molecule has 0 bridgehead atoms. The van der Waals surface area contributed by atoms with Gasteiger partial charge in [0.1, 0.15) is 11.6 Å². The number of nitrogens with zero attached hydrogens (tertiary/aromatic N) is 2. The lowest BCUT2D eigenvalue weighted by molar-refractivity contribution is 0.339. The SMILES string of the molecule is CCOc1ccc(-c2ncc(-c3ccc(N(C)C)cc3)[nH]2)c(-c2cc(OC)c(O)c(OC)c2)c1. The Morgan fingerprint density at radius 1 is 0.882 bits per heavy atom. The summed E-state index contributed by atoms with van der Waals surface area (Å²) >= 11 is 0. The first-order valence-electron chi connectivity index (χ1n) is 11.0. The van der Waals surface area contributed by atoms with Crippen LogP contribution in [0, 0.1) is 0 Å². The van der Waals surface area contributed by atoms with Crippen LogP contribution in [-0.2, 0) is 0 Å². The first-order chi connectivity index (χ1) is 16.4. The number of hydrogen-bond acceptors (Lipinski definition) is 6. The highest BCUT2D eigenvalue weighted by Crippen LogP contribution is 2.43. The van der Waals surface area contributed by atoms with Gasteiger partial charge in [-0.1, -0.05) is 12.1 Å². The minimum Gasteiger partial charge on any atom is -0.502 e. The minimum absolute atomic E-state index is 0.0438. The van der Waals surface area contributed by atoms with E-state index >= 15 is 0 Å². The topological polar surface area (TPSA) is 79.8 Å². The van der Waals surface area contributed by atoms with Crippen LogP contribution in [0.25, 0.3) is 33.8 Å². The maximum Gasteiger partial charge on any atom is 0.200 e. The van der Waals surface area contributed by atoms with Gasteiger partial charge in [0, 0.05) is 25.3 Å². The number of phenols is 1. The molecule has 34 heavy (non-hydrogen) atoms. The van der Waals surface area contributed by atoms with Gasteiger partial charge < -0.3 is 29.2 Å². The highest BCUT2D eigenvalue weighted by molar-refractivity contribution is 5.84. The molecule has 0 aliphatic carbocycles. The minimum atomic E-state index is -0.0438. The van der Waals surface area contributed by atoms with E-state index in [0.717, 1.165) is 45.2 Å². The monoisotopic (exact) mass is 459 g/mol. The zero-order chi connectivity index (χ0) is 24.2. The van der Waals surface area contributed by atoms with Crippen LogP contribution in [-0.4, -0.2) is 50.0 Å². The van der Waals surface area contributed by atoms with Crippen LogP contribution in [0.3, 0.4) is 0 Å². The quantitative estimate of drug-likeness (QED) is 0.357. The molecule has 4 aromatic rings. The Balaban J connectivity index is 1.81. The predicted molar refractivity (Wildman–Crippen MR) is 135 cm³/mol. The third-order valence-electron chi connectivity index (χ3n) is 5.62. The van der Waals surface area contributed by atoms with Crippen molar-refractivity contribution in [2.75, 3.05) is 39.8 Å². The number of aromatic amines is 1. The third kappa shape index (κ3) is 4.50. The van der Waals surface area contributed by atoms with Gasteiger partial charge >= 0.3 is 0 Å². The summed E-state index contributed by atoms with van der Waals surface area (Å²) in [7, 11) is 7.06. The second kappa shape index (κ2) is 9.79. The van der Waals surface area contributed by atoms with E-state index in [2.05, 4.69) is 39.1 Å². The fraction of sp³-hybridized carbons (Fsp3) is 0.222. The van der Waals surface area contributed by atoms with Crippen molar-refractivity contribution in [1.29, 1.82) is 0 Å². The van der Waals surface area contributed by atoms with Crippen LogP contribution in [0.2, 0.25) is 0 Å². The normalized spacial score (nSPS) is 10.7. The van der Waals surface area contributed by atoms with Gasteiger partial charge in [0.05, 0.1) is 32.7 Å². The summed E-state index contributed by atoms with van der Waals surface area (Å²) in [4.78, 5) is 10.2. The number of phenolic OH excluding ortho intramolecular Hbond substituents is 1. The third-order valence-corrected chi connectivity index (χ3v) is 5.62. The van der Waals surface area contributed by atoms with Gasteiger partial charge in [-0.3, -0.25) is 0 Å². The van der Waals surface area contributed by atoms with E-state index in [1.165, 1.54) is 14.2 Å². The standard InChI is InChI=1S/C27H29N3O4/c1-6-34-20-11-12-21(22(15-20)18-13-24(32-4)26(31)25(14-18)33-5)27-28-16-23(29-27)17-7-9-19(10-8-17)30(2)3/h7-16,31H,6H2,1-5H3,(H,28,29). The largest absolute Gasteiger partial charge is 0.502 e. The average Bonchev–Trinajstić information content (AvgIpc) is 3.34. The molecule has 0 fully saturated rings. The van der Waals surface area contributed by atoms with Crippen molar-refractivity contribution in [1.82, 2.24) is 9.97 Å². The summed E-state index contributed by atoms with van der Waals surface area (Å²) in [5.41, 5.74) is 5.65. The number of nitrogens with one attached hydrogen (secondary N) is 1. The number of imidazole rings is 1. The van der Waals surface area contributed by atoms with Gasteiger partial charge in [0.25, 0.3) is 0 Å². The Labute approximate surface area is 199 Å². The molecule has 1 heterocycles. The Hall–Kier alpha value is -4.13. The molecule has 7 heteroatoms. The van der Waals surface area contributed by atoms with E-state index in [-0.39, 0.29) is 5.75 Å². The van der Waals surface area contributed by atoms with Gasteiger partial charge in [0.2, 0.25) is 5.75 Å². The fourth-order valence-electron chi connectivity index (χ4n) is 3.82. The number of ether oxygens (including phenoxy) is 3. The first kappa shape index (κ1) is 23.0. The van der Waals surface area contributed by atoms with Gasteiger partial charge in [-0.05, 0) is 66.1 Å². The highest BCUT2D eigenvalue weighted by Gasteiger charge is 2.18. The zero-order valence-corrected chi connectivity index (χ0v) is 20.0. The molecular formula is C27H29N3O4. The van der Waals surface area contributed by atoms with E-state index in [0.29, 0.717) is 18.1 Å². The van der Waals surface area contributed by atoms with Crippen LogP contribution in [0.4, 0.5) is 5.69 Å². The second-order valence-corrected chi connectivity index (χ2v) is 7.96. The summed E-state index contributed by atoms with van der Waals surface area (Å²) in [5.74, 6) is 2.05. The Bertz CT molecular complexity index is 1250. The number of rotatable bonds is 8. The summed E-state index contributed by atoms with van der Waals surface area (Å²) in [6.07, 6.45) is 1.83. The first-order valence-corrected chi connectivity index (χ1v) is 11.0. The van der Waals surface area contributed by atoms with Crippen LogP contribution in [0.5, 0.6) is 23.0 Å². The molecular weight excluding hydrogens is 430 g/mol. The zero-order valence-electron chi connectivity index (χ0n) is 20.0. The summed E-state index contributed by atoms with van der Waals surface area (Å²) < 4.78 is 16.5. The van der Waals surface area contributed by atoms with Crippen molar-refractivity contribution in [3.8, 4) is 56.8 Å². The molecule has 4 rings (SSSR count). The lowest BCUT2D eigenvalue weighted by Crippen LogP contribution is -2.07. The van der Waals surface area contributed by atoms with Crippen molar-refractivity contribution in [3.05, 3.63) is 60.8 Å². The van der Waals surface area contributed by atoms with Crippen LogP contribution >= 0.6 is 0 Å². The fourth-order valence-corrected chi connectivity index (χ4v) is 3.82. The van der Waals surface area contributed by atoms with Gasteiger partial charge in [0.15, 0.2) is 11.5 Å². The van der Waals surface area contributed by atoms with Crippen molar-refractivity contribution < 1.29 is 19.3 Å². The number of benzene rings is 3. The molecule has 2 N–H and O–H groups in total. The molecule has 7 nitrogen and oxygen atoms in total. The van der Waals surface area contributed by atoms with Gasteiger partial charge in [-0.25, -0.2) is 4.98 Å². The highest BCUT2D eigenvalue weighted by atomic mass is 16.5. The molecule has 0 aliphatic rings. The van der Waals surface area contributed by atoms with E-state index in [9.17, 15) is 5.11 Å². The van der Waals surface area contributed by atoms with Gasteiger partial charge in [-0.2, -0.15) is 0 Å². The number of methoxy groups -OCH3 is 2. The smallest absolute Gasteiger partial charge is 0.200 e. The van der Waals surface area contributed by atoms with Gasteiger partial charge in [-0.15, -0.1) is 0 Å². The molecule has 176 valence electrons. The summed E-state index contributed by atoms with van der Waals surface area (Å²) in [5, 5.41) is 10.4. The van der Waals surface area contributed by atoms with E-state index in [1.54, 1.807) is 12.1 Å². The number of hydrogen-bond donors (Lipinski definition) is 2.